The van der Waals surface area contributed by atoms with Crippen molar-refractivity contribution in [1.82, 2.24) is 9.97 Å². The minimum Gasteiger partial charge on any atom is -0.365 e. The van der Waals surface area contributed by atoms with E-state index in [-0.39, 0.29) is 11.6 Å². The van der Waals surface area contributed by atoms with Crippen molar-refractivity contribution in [3.05, 3.63) is 64.2 Å². The molecule has 1 aliphatic heterocycles. The molecule has 0 radical (unpaired) electrons. The number of para-hydroxylation sites is 2. The topological polar surface area (TPSA) is 75.1 Å². The number of H-pyrrole nitrogens is 1. The van der Waals surface area contributed by atoms with E-state index in [0.29, 0.717) is 18.8 Å². The Kier molecular flexibility index (Phi) is 3.83. The van der Waals surface area contributed by atoms with Gasteiger partial charge < -0.3 is 9.88 Å². The highest BCUT2D eigenvalue weighted by Crippen LogP contribution is 2.34. The molecule has 3 aromatic rings. The number of fused-ring (bicyclic) bond motifs is 1. The molecule has 0 saturated carbocycles. The minimum atomic E-state index is -0.596. The first kappa shape index (κ1) is 15.6. The fourth-order valence-electron chi connectivity index (χ4n) is 3.50. The van der Waals surface area contributed by atoms with E-state index in [2.05, 4.69) is 9.97 Å². The van der Waals surface area contributed by atoms with Gasteiger partial charge in [0.1, 0.15) is 17.3 Å². The molecule has 128 valence electrons. The summed E-state index contributed by atoms with van der Waals surface area (Å²) in [5, 5.41) is 11.3. The summed E-state index contributed by atoms with van der Waals surface area (Å²) in [4.78, 5) is 20.7. The van der Waals surface area contributed by atoms with Crippen LogP contribution in [0.5, 0.6) is 0 Å². The van der Waals surface area contributed by atoms with Gasteiger partial charge in [-0.1, -0.05) is 12.1 Å². The van der Waals surface area contributed by atoms with Crippen LogP contribution in [0.1, 0.15) is 24.6 Å². The van der Waals surface area contributed by atoms with Crippen molar-refractivity contribution < 1.29 is 9.31 Å². The standard InChI is InChI=1S/C18H17FN4O2/c19-13-7-8-16(17(10-13)23(24)25)22-9-3-4-12(11-22)18-20-14-5-1-2-6-15(14)21-18/h1-2,5-8,10,12H,3-4,9,11H2,(H,20,21). The fourth-order valence-corrected chi connectivity index (χ4v) is 3.50. The number of anilines is 1. The summed E-state index contributed by atoms with van der Waals surface area (Å²) in [7, 11) is 0. The van der Waals surface area contributed by atoms with E-state index in [1.54, 1.807) is 0 Å². The molecule has 6 nitrogen and oxygen atoms in total. The number of benzene rings is 2. The van der Waals surface area contributed by atoms with Gasteiger partial charge in [0.05, 0.1) is 22.0 Å². The number of hydrogen-bond acceptors (Lipinski definition) is 4. The number of nitrogens with one attached hydrogen (secondary N) is 1. The number of aromatic nitrogens is 2. The Morgan fingerprint density at radius 1 is 1.28 bits per heavy atom. The molecule has 0 spiro atoms. The van der Waals surface area contributed by atoms with Crippen LogP contribution in [0.3, 0.4) is 0 Å². The molecule has 0 bridgehead atoms. The first-order valence-electron chi connectivity index (χ1n) is 8.25. The summed E-state index contributed by atoms with van der Waals surface area (Å²) in [6.45, 7) is 1.33. The van der Waals surface area contributed by atoms with Crippen LogP contribution in [0.2, 0.25) is 0 Å². The van der Waals surface area contributed by atoms with Crippen LogP contribution in [0.15, 0.2) is 42.5 Å². The zero-order valence-corrected chi connectivity index (χ0v) is 13.5. The summed E-state index contributed by atoms with van der Waals surface area (Å²) in [6, 6.07) is 11.6. The van der Waals surface area contributed by atoms with Crippen molar-refractivity contribution in [2.75, 3.05) is 18.0 Å². The van der Waals surface area contributed by atoms with E-state index < -0.39 is 10.7 Å². The van der Waals surface area contributed by atoms with Gasteiger partial charge in [-0.2, -0.15) is 0 Å². The third kappa shape index (κ3) is 2.93. The monoisotopic (exact) mass is 340 g/mol. The molecule has 1 fully saturated rings. The summed E-state index contributed by atoms with van der Waals surface area (Å²) in [6.07, 6.45) is 1.86. The van der Waals surface area contributed by atoms with Crippen LogP contribution >= 0.6 is 0 Å². The van der Waals surface area contributed by atoms with Crippen molar-refractivity contribution in [3.8, 4) is 0 Å². The molecule has 1 atom stereocenters. The number of hydrogen-bond donors (Lipinski definition) is 1. The van der Waals surface area contributed by atoms with Crippen LogP contribution in [-0.2, 0) is 0 Å². The summed E-state index contributed by atoms with van der Waals surface area (Å²) >= 11 is 0. The Bertz CT molecular complexity index is 907. The molecule has 0 aliphatic carbocycles. The number of nitro benzene ring substituents is 1. The maximum atomic E-state index is 13.4. The van der Waals surface area contributed by atoms with Crippen LogP contribution in [0.25, 0.3) is 11.0 Å². The zero-order chi connectivity index (χ0) is 17.4. The normalized spacial score (nSPS) is 17.8. The van der Waals surface area contributed by atoms with Gasteiger partial charge >= 0.3 is 0 Å². The number of piperidine rings is 1. The van der Waals surface area contributed by atoms with Crippen LogP contribution in [0, 0.1) is 15.9 Å². The van der Waals surface area contributed by atoms with Gasteiger partial charge in [0, 0.05) is 19.0 Å². The Morgan fingerprint density at radius 2 is 2.12 bits per heavy atom. The lowest BCUT2D eigenvalue weighted by atomic mass is 9.96. The average Bonchev–Trinajstić information content (AvgIpc) is 3.06. The van der Waals surface area contributed by atoms with E-state index >= 15 is 0 Å². The first-order chi connectivity index (χ1) is 12.1. The molecule has 7 heteroatoms. The van der Waals surface area contributed by atoms with E-state index in [1.807, 2.05) is 29.2 Å². The summed E-state index contributed by atoms with van der Waals surface area (Å²) < 4.78 is 13.4. The van der Waals surface area contributed by atoms with Gasteiger partial charge in [0.15, 0.2) is 0 Å². The van der Waals surface area contributed by atoms with Gasteiger partial charge in [-0.3, -0.25) is 10.1 Å². The Hall–Kier alpha value is -2.96. The minimum absolute atomic E-state index is 0.158. The number of aromatic amines is 1. The molecule has 2 aromatic carbocycles. The lowest BCUT2D eigenvalue weighted by molar-refractivity contribution is -0.384. The molecule has 25 heavy (non-hydrogen) atoms. The molecule has 1 aromatic heterocycles. The number of nitrogens with zero attached hydrogens (tertiary/aromatic N) is 3. The smallest absolute Gasteiger partial charge is 0.295 e. The number of halogens is 1. The molecule has 1 N–H and O–H groups in total. The molecule has 4 rings (SSSR count). The predicted molar refractivity (Wildman–Crippen MR) is 93.3 cm³/mol. The number of imidazole rings is 1. The molecule has 1 unspecified atom stereocenters. The van der Waals surface area contributed by atoms with Gasteiger partial charge in [-0.15, -0.1) is 0 Å². The summed E-state index contributed by atoms with van der Waals surface area (Å²) in [5.74, 6) is 0.461. The second kappa shape index (κ2) is 6.16. The number of nitro groups is 1. The highest BCUT2D eigenvalue weighted by Gasteiger charge is 2.28. The van der Waals surface area contributed by atoms with E-state index in [9.17, 15) is 14.5 Å². The highest BCUT2D eigenvalue weighted by atomic mass is 19.1. The van der Waals surface area contributed by atoms with Crippen molar-refractivity contribution in [2.45, 2.75) is 18.8 Å². The maximum Gasteiger partial charge on any atom is 0.295 e. The van der Waals surface area contributed by atoms with Gasteiger partial charge in [-0.05, 0) is 37.1 Å². The largest absolute Gasteiger partial charge is 0.365 e. The van der Waals surface area contributed by atoms with E-state index in [1.165, 1.54) is 12.1 Å². The maximum absolute atomic E-state index is 13.4. The molecule has 0 amide bonds. The number of rotatable bonds is 3. The lowest BCUT2D eigenvalue weighted by Crippen LogP contribution is -2.35. The van der Waals surface area contributed by atoms with Crippen LogP contribution < -0.4 is 4.90 Å². The van der Waals surface area contributed by atoms with E-state index in [0.717, 1.165) is 35.8 Å². The quantitative estimate of drug-likeness (QED) is 0.578. The van der Waals surface area contributed by atoms with Gasteiger partial charge in [0.2, 0.25) is 0 Å². The van der Waals surface area contributed by atoms with E-state index in [4.69, 9.17) is 0 Å². The molecule has 1 saturated heterocycles. The second-order valence-corrected chi connectivity index (χ2v) is 6.31. The summed E-state index contributed by atoms with van der Waals surface area (Å²) in [5.41, 5.74) is 2.18. The molecule has 2 heterocycles. The second-order valence-electron chi connectivity index (χ2n) is 6.31. The Balaban J connectivity index is 1.64. The molecular weight excluding hydrogens is 323 g/mol. The SMILES string of the molecule is O=[N+]([O-])c1cc(F)ccc1N1CCCC(c2nc3ccccc3[nH]2)C1. The third-order valence-electron chi connectivity index (χ3n) is 4.69. The molecular formula is C18H17FN4O2. The van der Waals surface area contributed by atoms with Crippen LogP contribution in [-0.4, -0.2) is 28.0 Å². The van der Waals surface area contributed by atoms with Gasteiger partial charge in [-0.25, -0.2) is 9.37 Å². The van der Waals surface area contributed by atoms with Crippen molar-refractivity contribution in [1.29, 1.82) is 0 Å². The lowest BCUT2D eigenvalue weighted by Gasteiger charge is -2.33. The van der Waals surface area contributed by atoms with Crippen molar-refractivity contribution >= 4 is 22.4 Å². The van der Waals surface area contributed by atoms with Crippen molar-refractivity contribution in [3.63, 3.8) is 0 Å². The Labute approximate surface area is 143 Å². The Morgan fingerprint density at radius 3 is 2.92 bits per heavy atom. The first-order valence-corrected chi connectivity index (χ1v) is 8.25. The zero-order valence-electron chi connectivity index (χ0n) is 13.5. The highest BCUT2D eigenvalue weighted by molar-refractivity contribution is 5.75. The van der Waals surface area contributed by atoms with Gasteiger partial charge in [0.25, 0.3) is 5.69 Å². The van der Waals surface area contributed by atoms with Crippen molar-refractivity contribution in [2.24, 2.45) is 0 Å². The average molecular weight is 340 g/mol. The van der Waals surface area contributed by atoms with Crippen LogP contribution in [0.4, 0.5) is 15.8 Å². The third-order valence-corrected chi connectivity index (χ3v) is 4.69. The predicted octanol–water partition coefficient (Wildman–Crippen LogP) is 3.99. The fraction of sp³-hybridized carbons (Fsp3) is 0.278. The molecule has 1 aliphatic rings.